The molecule has 0 aliphatic carbocycles. The number of pyridine rings is 1. The third-order valence-electron chi connectivity index (χ3n) is 6.85. The van der Waals surface area contributed by atoms with Crippen molar-refractivity contribution in [3.8, 4) is 0 Å². The molecule has 2 amide bonds. The summed E-state index contributed by atoms with van der Waals surface area (Å²) in [5.74, 6) is -0.277. The number of aryl methyl sites for hydroxylation is 1. The first-order valence-electron chi connectivity index (χ1n) is 12.6. The Morgan fingerprint density at radius 2 is 1.88 bits per heavy atom. The standard InChI is InChI=1S/C30H26Cl2N4O3S/c1-17-27(35-18(2)28(17)30(38)34-12-10-19-5-4-11-33-15-19)14-22-21-13-20(8-9-26(21)36-29(22)37)40(39)16-23-24(31)6-3-7-25(23)32/h3-9,11,13-15,35H,10,12,16H2,1-2H3,(H,34,38)(H,36,37)/p+1/b22-14-. The molecular weight excluding hydrogens is 567 g/mol. The molecule has 0 fully saturated rings. The molecule has 10 heteroatoms. The molecular formula is C30H27Cl2N4O3S+. The number of carbonyl (C=O) groups is 2. The van der Waals surface area contributed by atoms with Gasteiger partial charge in [0.15, 0.2) is 4.90 Å². The van der Waals surface area contributed by atoms with Gasteiger partial charge in [-0.1, -0.05) is 35.3 Å². The van der Waals surface area contributed by atoms with Gasteiger partial charge in [0.05, 0.1) is 11.1 Å². The number of rotatable bonds is 8. The van der Waals surface area contributed by atoms with Gasteiger partial charge in [0.25, 0.3) is 11.8 Å². The van der Waals surface area contributed by atoms with E-state index in [1.54, 1.807) is 54.9 Å². The van der Waals surface area contributed by atoms with Gasteiger partial charge < -0.3 is 15.6 Å². The number of hydrogen-bond acceptors (Lipinski definition) is 4. The van der Waals surface area contributed by atoms with E-state index in [1.165, 1.54) is 0 Å². The maximum Gasteiger partial charge on any atom is 0.256 e. The second-order valence-electron chi connectivity index (χ2n) is 9.51. The number of carbonyl (C=O) groups excluding carboxylic acids is 2. The maximum absolute atomic E-state index is 13.3. The molecule has 3 N–H and O–H groups in total. The molecule has 0 bridgehead atoms. The highest BCUT2D eigenvalue weighted by atomic mass is 35.5. The molecule has 1 unspecified atom stereocenters. The minimum absolute atomic E-state index is 0.182. The van der Waals surface area contributed by atoms with Gasteiger partial charge in [-0.25, -0.2) is 0 Å². The predicted molar refractivity (Wildman–Crippen MR) is 161 cm³/mol. The van der Waals surface area contributed by atoms with Gasteiger partial charge in [-0.15, -0.1) is 4.21 Å². The molecule has 0 spiro atoms. The highest BCUT2D eigenvalue weighted by molar-refractivity contribution is 7.84. The zero-order chi connectivity index (χ0) is 28.4. The van der Waals surface area contributed by atoms with Crippen LogP contribution in [-0.4, -0.2) is 28.3 Å². The molecule has 40 heavy (non-hydrogen) atoms. The summed E-state index contributed by atoms with van der Waals surface area (Å²) in [4.78, 5) is 33.9. The molecule has 0 saturated heterocycles. The van der Waals surface area contributed by atoms with Gasteiger partial charge in [0.1, 0.15) is 16.6 Å². The number of aromatic amines is 1. The van der Waals surface area contributed by atoms with Crippen LogP contribution >= 0.6 is 23.2 Å². The molecule has 4 aromatic rings. The summed E-state index contributed by atoms with van der Waals surface area (Å²) in [6.07, 6.45) is 5.90. The SMILES string of the molecule is Cc1[nH]c(/C=C2\C(=O)Nc3ccc([SH+](=O)Cc4c(Cl)cccc4Cl)cc32)c(C)c1C(=O)NCCc1cccnc1. The normalized spacial score (nSPS) is 14.2. The van der Waals surface area contributed by atoms with Crippen molar-refractivity contribution in [2.75, 3.05) is 11.9 Å². The van der Waals surface area contributed by atoms with Crippen molar-refractivity contribution in [2.24, 2.45) is 0 Å². The minimum atomic E-state index is -1.87. The Kier molecular flexibility index (Phi) is 8.21. The summed E-state index contributed by atoms with van der Waals surface area (Å²) in [6, 6.07) is 14.3. The van der Waals surface area contributed by atoms with Crippen LogP contribution < -0.4 is 10.6 Å². The maximum atomic E-state index is 13.3. The van der Waals surface area contributed by atoms with Crippen molar-refractivity contribution >= 4 is 63.2 Å². The average Bonchev–Trinajstić information content (AvgIpc) is 3.40. The van der Waals surface area contributed by atoms with Gasteiger partial charge in [-0.2, -0.15) is 0 Å². The lowest BCUT2D eigenvalue weighted by Crippen LogP contribution is -2.26. The largest absolute Gasteiger partial charge is 0.358 e. The molecule has 7 nitrogen and oxygen atoms in total. The van der Waals surface area contributed by atoms with Crippen LogP contribution in [0.4, 0.5) is 5.69 Å². The molecule has 0 saturated carbocycles. The molecule has 1 atom stereocenters. The van der Waals surface area contributed by atoms with E-state index in [0.717, 1.165) is 11.1 Å². The van der Waals surface area contributed by atoms with Crippen molar-refractivity contribution in [2.45, 2.75) is 30.9 Å². The van der Waals surface area contributed by atoms with E-state index in [2.05, 4.69) is 20.6 Å². The van der Waals surface area contributed by atoms with Crippen LogP contribution in [0.3, 0.4) is 0 Å². The van der Waals surface area contributed by atoms with E-state index >= 15 is 0 Å². The summed E-state index contributed by atoms with van der Waals surface area (Å²) in [5.41, 5.74) is 6.01. The van der Waals surface area contributed by atoms with E-state index < -0.39 is 10.8 Å². The number of nitrogens with zero attached hydrogens (tertiary/aromatic N) is 1. The Morgan fingerprint density at radius 1 is 1.10 bits per heavy atom. The Balaban J connectivity index is 1.38. The fourth-order valence-electron chi connectivity index (χ4n) is 4.75. The lowest BCUT2D eigenvalue weighted by atomic mass is 10.0. The number of amides is 2. The number of aromatic nitrogens is 2. The quantitative estimate of drug-likeness (QED) is 0.131. The zero-order valence-electron chi connectivity index (χ0n) is 21.8. The number of halogens is 2. The molecule has 3 heterocycles. The number of H-pyrrole nitrogens is 1. The lowest BCUT2D eigenvalue weighted by molar-refractivity contribution is -0.110. The fraction of sp³-hybridized carbons (Fsp3) is 0.167. The Hall–Kier alpha value is -3.72. The molecule has 2 aromatic carbocycles. The summed E-state index contributed by atoms with van der Waals surface area (Å²) in [7, 11) is -1.87. The summed E-state index contributed by atoms with van der Waals surface area (Å²) in [6.45, 7) is 4.15. The highest BCUT2D eigenvalue weighted by Crippen LogP contribution is 2.36. The second-order valence-corrected chi connectivity index (χ2v) is 11.9. The van der Waals surface area contributed by atoms with E-state index in [4.69, 9.17) is 23.2 Å². The van der Waals surface area contributed by atoms with Crippen LogP contribution in [0.2, 0.25) is 10.0 Å². The van der Waals surface area contributed by atoms with E-state index in [9.17, 15) is 13.8 Å². The number of anilines is 1. The zero-order valence-corrected chi connectivity index (χ0v) is 24.3. The van der Waals surface area contributed by atoms with Crippen LogP contribution in [0.1, 0.15) is 44.0 Å². The summed E-state index contributed by atoms with van der Waals surface area (Å²) < 4.78 is 13.3. The van der Waals surface area contributed by atoms with E-state index in [-0.39, 0.29) is 17.6 Å². The van der Waals surface area contributed by atoms with Crippen LogP contribution in [0, 0.1) is 13.8 Å². The van der Waals surface area contributed by atoms with Crippen LogP contribution in [0.25, 0.3) is 11.6 Å². The van der Waals surface area contributed by atoms with Crippen LogP contribution in [0.5, 0.6) is 0 Å². The molecule has 5 rings (SSSR count). The second kappa shape index (κ2) is 11.8. The third-order valence-corrected chi connectivity index (χ3v) is 9.02. The number of thiol groups is 1. The number of nitrogens with one attached hydrogen (secondary N) is 3. The molecule has 1 aliphatic heterocycles. The van der Waals surface area contributed by atoms with Crippen LogP contribution in [-0.2, 0) is 32.0 Å². The molecule has 204 valence electrons. The Morgan fingerprint density at radius 3 is 2.60 bits per heavy atom. The number of fused-ring (bicyclic) bond motifs is 1. The van der Waals surface area contributed by atoms with Crippen LogP contribution in [0.15, 0.2) is 65.8 Å². The monoisotopic (exact) mass is 593 g/mol. The van der Waals surface area contributed by atoms with E-state index in [1.807, 2.05) is 26.0 Å². The first kappa shape index (κ1) is 27.8. The average molecular weight is 595 g/mol. The molecule has 1 aliphatic rings. The first-order valence-corrected chi connectivity index (χ1v) is 14.8. The van der Waals surface area contributed by atoms with Gasteiger partial charge in [-0.3, -0.25) is 14.6 Å². The predicted octanol–water partition coefficient (Wildman–Crippen LogP) is 6.05. The molecule has 2 aromatic heterocycles. The van der Waals surface area contributed by atoms with Gasteiger partial charge in [0, 0.05) is 63.3 Å². The lowest BCUT2D eigenvalue weighted by Gasteiger charge is -2.06. The topological polar surface area (TPSA) is 104 Å². The van der Waals surface area contributed by atoms with Crippen molar-refractivity contribution in [1.29, 1.82) is 0 Å². The van der Waals surface area contributed by atoms with Gasteiger partial charge >= 0.3 is 0 Å². The van der Waals surface area contributed by atoms with Crippen molar-refractivity contribution in [3.63, 3.8) is 0 Å². The number of benzene rings is 2. The summed E-state index contributed by atoms with van der Waals surface area (Å²) >= 11 is 12.6. The molecule has 0 radical (unpaired) electrons. The highest BCUT2D eigenvalue weighted by Gasteiger charge is 2.28. The Bertz CT molecular complexity index is 1660. The fourth-order valence-corrected chi connectivity index (χ4v) is 6.79. The first-order chi connectivity index (χ1) is 19.2. The van der Waals surface area contributed by atoms with E-state index in [0.29, 0.717) is 67.2 Å². The number of hydrogen-bond donors (Lipinski definition) is 3. The minimum Gasteiger partial charge on any atom is -0.358 e. The third kappa shape index (κ3) is 5.75. The summed E-state index contributed by atoms with van der Waals surface area (Å²) in [5, 5.41) is 6.76. The smallest absolute Gasteiger partial charge is 0.256 e. The van der Waals surface area contributed by atoms with Crippen molar-refractivity contribution < 1.29 is 13.8 Å². The van der Waals surface area contributed by atoms with Crippen molar-refractivity contribution in [3.05, 3.63) is 110 Å². The van der Waals surface area contributed by atoms with Gasteiger partial charge in [-0.05, 0) is 67.8 Å². The van der Waals surface area contributed by atoms with Gasteiger partial charge in [0.2, 0.25) is 0 Å². The Labute approximate surface area is 244 Å². The van der Waals surface area contributed by atoms with Crippen molar-refractivity contribution in [1.82, 2.24) is 15.3 Å².